The molecule has 0 amide bonds. The summed E-state index contributed by atoms with van der Waals surface area (Å²) in [4.78, 5) is 0. The Morgan fingerprint density at radius 2 is 1.68 bits per heavy atom. The van der Waals surface area contributed by atoms with E-state index in [1.807, 2.05) is 0 Å². The molecule has 2 nitrogen and oxygen atoms in total. The maximum atomic E-state index is 6.25. The number of pyridine rings is 1. The van der Waals surface area contributed by atoms with Crippen molar-refractivity contribution in [3.05, 3.63) is 36.7 Å². The molecule has 0 aromatic carbocycles. The lowest BCUT2D eigenvalue weighted by Gasteiger charge is -2.00. The van der Waals surface area contributed by atoms with Gasteiger partial charge in [0.1, 0.15) is 6.54 Å². The third kappa shape index (κ3) is 9.25. The Hall–Kier alpha value is -1.36. The molecule has 0 aliphatic heterocycles. The minimum atomic E-state index is 1.18. The Bertz CT molecular complexity index is 331. The van der Waals surface area contributed by atoms with Gasteiger partial charge in [0.15, 0.2) is 12.4 Å². The van der Waals surface area contributed by atoms with Crippen LogP contribution in [0.1, 0.15) is 64.4 Å². The van der Waals surface area contributed by atoms with E-state index in [1.165, 1.54) is 63.5 Å². The topological polar surface area (TPSA) is 27.7 Å². The molecule has 19 heavy (non-hydrogen) atoms. The van der Waals surface area contributed by atoms with Crippen molar-refractivity contribution in [2.45, 2.75) is 71.8 Å². The molecule has 2 heteroatoms. The van der Waals surface area contributed by atoms with Gasteiger partial charge >= 0.3 is 0 Å². The zero-order valence-corrected chi connectivity index (χ0v) is 12.6. The van der Waals surface area contributed by atoms with E-state index in [-0.39, 0.29) is 0 Å². The first-order valence-electron chi connectivity index (χ1n) is 7.57. The molecule has 1 aromatic rings. The predicted molar refractivity (Wildman–Crippen MR) is 79.0 cm³/mol. The van der Waals surface area contributed by atoms with Gasteiger partial charge in [0.25, 0.3) is 0 Å². The molecular formula is C17H28N2. The van der Waals surface area contributed by atoms with Gasteiger partial charge in [-0.15, -0.1) is 0 Å². The zero-order chi connectivity index (χ0) is 14.3. The second kappa shape index (κ2) is 13.1. The van der Waals surface area contributed by atoms with Crippen molar-refractivity contribution >= 4 is 0 Å². The molecule has 0 unspecified atom stereocenters. The fraction of sp³-hybridized carbons (Fsp3) is 0.647. The quantitative estimate of drug-likeness (QED) is 0.368. The number of nitrogens with zero attached hydrogens (tertiary/aromatic N) is 2. The average molecular weight is 260 g/mol. The van der Waals surface area contributed by atoms with Crippen LogP contribution in [0.5, 0.6) is 0 Å². The third-order valence-electron chi connectivity index (χ3n) is 3.23. The Morgan fingerprint density at radius 1 is 1.00 bits per heavy atom. The molecule has 0 spiro atoms. The van der Waals surface area contributed by atoms with Crippen LogP contribution >= 0.6 is 0 Å². The van der Waals surface area contributed by atoms with Gasteiger partial charge in [0.2, 0.25) is 0 Å². The van der Waals surface area contributed by atoms with Crippen LogP contribution in [0.2, 0.25) is 0 Å². The van der Waals surface area contributed by atoms with Gasteiger partial charge in [0, 0.05) is 18.1 Å². The molecular weight excluding hydrogens is 232 g/mol. The lowest BCUT2D eigenvalue weighted by atomic mass is 10.1. The van der Waals surface area contributed by atoms with E-state index in [0.717, 1.165) is 0 Å². The maximum Gasteiger partial charge on any atom is 0.171 e. The van der Waals surface area contributed by atoms with Crippen molar-refractivity contribution in [2.24, 2.45) is 0 Å². The number of aryl methyl sites for hydroxylation is 2. The highest BCUT2D eigenvalue weighted by molar-refractivity contribution is 5.04. The molecule has 1 aromatic heterocycles. The van der Waals surface area contributed by atoms with E-state index in [9.17, 15) is 0 Å². The standard InChI is InChI=1S/C16H28N.CN/c1-3-5-6-7-8-9-13-17-14-10-12-16(15-17)11-4-2;1-2/h10,12,14-15H,3-9,11,13H2,1-2H3;/q+1;-1. The summed E-state index contributed by atoms with van der Waals surface area (Å²) < 4.78 is 2.35. The molecule has 0 bridgehead atoms. The van der Waals surface area contributed by atoms with Crippen LogP contribution in [0.4, 0.5) is 0 Å². The largest absolute Gasteiger partial charge is 0.512 e. The highest BCUT2D eigenvalue weighted by Crippen LogP contribution is 2.05. The summed E-state index contributed by atoms with van der Waals surface area (Å²) in [6.45, 7) is 10.4. The normalized spacial score (nSPS) is 9.68. The number of aromatic nitrogens is 1. The summed E-state index contributed by atoms with van der Waals surface area (Å²) in [7, 11) is 0. The molecule has 106 valence electrons. The lowest BCUT2D eigenvalue weighted by Crippen LogP contribution is -2.33. The Morgan fingerprint density at radius 3 is 2.37 bits per heavy atom. The van der Waals surface area contributed by atoms with Gasteiger partial charge in [0.05, 0.1) is 0 Å². The van der Waals surface area contributed by atoms with Gasteiger partial charge in [-0.2, -0.15) is 0 Å². The fourth-order valence-corrected chi connectivity index (χ4v) is 2.23. The average Bonchev–Trinajstić information content (AvgIpc) is 2.46. The maximum absolute atomic E-state index is 6.25. The van der Waals surface area contributed by atoms with E-state index in [0.29, 0.717) is 0 Å². The van der Waals surface area contributed by atoms with Crippen molar-refractivity contribution in [3.63, 3.8) is 0 Å². The lowest BCUT2D eigenvalue weighted by molar-refractivity contribution is -0.697. The summed E-state index contributed by atoms with van der Waals surface area (Å²) >= 11 is 0. The second-order valence-electron chi connectivity index (χ2n) is 4.97. The summed E-state index contributed by atoms with van der Waals surface area (Å²) in [5.41, 5.74) is 1.47. The summed E-state index contributed by atoms with van der Waals surface area (Å²) in [5, 5.41) is 6.25. The highest BCUT2D eigenvalue weighted by atomic mass is 14.9. The Balaban J connectivity index is 0.00000154. The van der Waals surface area contributed by atoms with Crippen molar-refractivity contribution in [3.8, 4) is 0 Å². The van der Waals surface area contributed by atoms with E-state index in [4.69, 9.17) is 11.8 Å². The Labute approximate surface area is 119 Å². The SMILES string of the molecule is CCCCCCCC[n+]1cccc(CCC)c1.[C-]#N. The van der Waals surface area contributed by atoms with E-state index >= 15 is 0 Å². The van der Waals surface area contributed by atoms with E-state index in [1.54, 1.807) is 0 Å². The first-order valence-corrected chi connectivity index (χ1v) is 7.57. The van der Waals surface area contributed by atoms with Crippen LogP contribution in [0.25, 0.3) is 0 Å². The molecule has 0 aliphatic rings. The molecule has 1 heterocycles. The molecule has 1 rings (SSSR count). The monoisotopic (exact) mass is 260 g/mol. The van der Waals surface area contributed by atoms with Gasteiger partial charge < -0.3 is 11.8 Å². The summed E-state index contributed by atoms with van der Waals surface area (Å²) in [5.74, 6) is 0. The smallest absolute Gasteiger partial charge is 0.171 e. The number of hydrogen-bond acceptors (Lipinski definition) is 1. The van der Waals surface area contributed by atoms with Gasteiger partial charge in [-0.05, 0) is 18.9 Å². The van der Waals surface area contributed by atoms with Crippen molar-refractivity contribution in [1.82, 2.24) is 0 Å². The molecule has 0 saturated heterocycles. The van der Waals surface area contributed by atoms with Gasteiger partial charge in [-0.25, -0.2) is 4.57 Å². The third-order valence-corrected chi connectivity index (χ3v) is 3.23. The van der Waals surface area contributed by atoms with Crippen LogP contribution in [0.3, 0.4) is 0 Å². The molecule has 0 atom stereocenters. The van der Waals surface area contributed by atoms with Crippen molar-refractivity contribution < 1.29 is 4.57 Å². The fourth-order valence-electron chi connectivity index (χ4n) is 2.23. The van der Waals surface area contributed by atoms with Crippen LogP contribution in [0.15, 0.2) is 24.5 Å². The Kier molecular flexibility index (Phi) is 12.1. The first kappa shape index (κ1) is 17.6. The summed E-state index contributed by atoms with van der Waals surface area (Å²) in [6.07, 6.45) is 15.2. The number of hydrogen-bond donors (Lipinski definition) is 0. The molecule has 0 radical (unpaired) electrons. The molecule has 0 aliphatic carbocycles. The van der Waals surface area contributed by atoms with Gasteiger partial charge in [-0.3, -0.25) is 0 Å². The van der Waals surface area contributed by atoms with Gasteiger partial charge in [-0.1, -0.05) is 46.0 Å². The predicted octanol–water partition coefficient (Wildman–Crippen LogP) is 4.38. The number of rotatable bonds is 9. The first-order chi connectivity index (χ1) is 9.36. The van der Waals surface area contributed by atoms with E-state index in [2.05, 4.69) is 42.9 Å². The second-order valence-corrected chi connectivity index (χ2v) is 4.97. The summed E-state index contributed by atoms with van der Waals surface area (Å²) in [6, 6.07) is 4.42. The van der Waals surface area contributed by atoms with E-state index < -0.39 is 0 Å². The van der Waals surface area contributed by atoms with Crippen molar-refractivity contribution in [2.75, 3.05) is 0 Å². The zero-order valence-electron chi connectivity index (χ0n) is 12.6. The molecule has 0 N–H and O–H groups in total. The minimum absolute atomic E-state index is 1.18. The minimum Gasteiger partial charge on any atom is -0.512 e. The van der Waals surface area contributed by atoms with Crippen LogP contribution in [-0.2, 0) is 13.0 Å². The molecule has 0 saturated carbocycles. The highest BCUT2D eigenvalue weighted by Gasteiger charge is 2.01. The number of unbranched alkanes of at least 4 members (excludes halogenated alkanes) is 5. The van der Waals surface area contributed by atoms with Crippen LogP contribution in [0, 0.1) is 11.8 Å². The molecule has 0 fully saturated rings. The van der Waals surface area contributed by atoms with Crippen molar-refractivity contribution in [1.29, 1.82) is 5.26 Å². The van der Waals surface area contributed by atoms with Crippen LogP contribution < -0.4 is 4.57 Å². The van der Waals surface area contributed by atoms with Crippen LogP contribution in [-0.4, -0.2) is 0 Å².